The average molecular weight is 417 g/mol. The van der Waals surface area contributed by atoms with E-state index in [4.69, 9.17) is 16.3 Å². The zero-order valence-corrected chi connectivity index (χ0v) is 16.2. The molecule has 26 heavy (non-hydrogen) atoms. The van der Waals surface area contributed by atoms with E-state index in [9.17, 15) is 16.8 Å². The van der Waals surface area contributed by atoms with Crippen LogP contribution in [0, 0.1) is 0 Å². The summed E-state index contributed by atoms with van der Waals surface area (Å²) in [6.07, 6.45) is 0.551. The maximum atomic E-state index is 12.5. The molecule has 0 aliphatic carbocycles. The van der Waals surface area contributed by atoms with Crippen molar-refractivity contribution in [2.75, 3.05) is 28.4 Å². The number of hydrogen-bond donors (Lipinski definition) is 1. The highest BCUT2D eigenvalue weighted by Crippen LogP contribution is 2.34. The standard InChI is InChI=1S/C16H17ClN2O5S2/c1-24-16-11-13(19-9-2-10-25(19,20)21)5-8-15(16)18-26(22,23)14-6-3-12(17)4-7-14/h3-8,11,18H,2,9-10H2,1H3. The summed E-state index contributed by atoms with van der Waals surface area (Å²) in [5.74, 6) is 0.322. The molecule has 0 bridgehead atoms. The van der Waals surface area contributed by atoms with Gasteiger partial charge in [-0.1, -0.05) is 11.6 Å². The number of nitrogens with zero attached hydrogens (tertiary/aromatic N) is 1. The maximum Gasteiger partial charge on any atom is 0.262 e. The van der Waals surface area contributed by atoms with Gasteiger partial charge in [-0.15, -0.1) is 0 Å². The van der Waals surface area contributed by atoms with Crippen LogP contribution in [0.5, 0.6) is 5.75 Å². The minimum Gasteiger partial charge on any atom is -0.494 e. The van der Waals surface area contributed by atoms with Crippen LogP contribution < -0.4 is 13.8 Å². The Hall–Kier alpha value is -1.97. The molecule has 1 aliphatic rings. The Bertz CT molecular complexity index is 1020. The van der Waals surface area contributed by atoms with Crippen molar-refractivity contribution in [1.29, 1.82) is 0 Å². The molecule has 2 aromatic rings. The van der Waals surface area contributed by atoms with Crippen LogP contribution in [-0.4, -0.2) is 36.2 Å². The third-order valence-corrected chi connectivity index (χ3v) is 7.44. The summed E-state index contributed by atoms with van der Waals surface area (Å²) in [6, 6.07) is 10.3. The molecule has 2 aromatic carbocycles. The smallest absolute Gasteiger partial charge is 0.262 e. The van der Waals surface area contributed by atoms with Crippen LogP contribution >= 0.6 is 11.6 Å². The first-order chi connectivity index (χ1) is 12.2. The van der Waals surface area contributed by atoms with E-state index >= 15 is 0 Å². The van der Waals surface area contributed by atoms with Gasteiger partial charge in [0, 0.05) is 17.6 Å². The van der Waals surface area contributed by atoms with Crippen LogP contribution in [0.25, 0.3) is 0 Å². The molecule has 0 amide bonds. The topological polar surface area (TPSA) is 92.8 Å². The first kappa shape index (κ1) is 18.8. The summed E-state index contributed by atoms with van der Waals surface area (Å²) in [6.45, 7) is 0.390. The lowest BCUT2D eigenvalue weighted by Crippen LogP contribution is -2.25. The highest BCUT2D eigenvalue weighted by Gasteiger charge is 2.29. The van der Waals surface area contributed by atoms with Crippen molar-refractivity contribution in [2.45, 2.75) is 11.3 Å². The number of rotatable bonds is 5. The zero-order chi connectivity index (χ0) is 18.9. The van der Waals surface area contributed by atoms with Crippen molar-refractivity contribution >= 4 is 43.0 Å². The molecule has 1 N–H and O–H groups in total. The van der Waals surface area contributed by atoms with Crippen molar-refractivity contribution in [3.05, 3.63) is 47.5 Å². The minimum absolute atomic E-state index is 0.0511. The second kappa shape index (κ2) is 6.98. The fourth-order valence-corrected chi connectivity index (χ4v) is 5.42. The van der Waals surface area contributed by atoms with E-state index in [1.54, 1.807) is 6.07 Å². The van der Waals surface area contributed by atoms with Crippen LogP contribution in [0.2, 0.25) is 5.02 Å². The normalized spacial score (nSPS) is 16.5. The second-order valence-corrected chi connectivity index (χ2v) is 9.82. The molecular weight excluding hydrogens is 400 g/mol. The summed E-state index contributed by atoms with van der Waals surface area (Å²) in [7, 11) is -5.78. The van der Waals surface area contributed by atoms with Gasteiger partial charge in [0.1, 0.15) is 5.75 Å². The van der Waals surface area contributed by atoms with Crippen LogP contribution in [0.15, 0.2) is 47.4 Å². The molecule has 0 spiro atoms. The van der Waals surface area contributed by atoms with E-state index in [0.29, 0.717) is 23.7 Å². The summed E-state index contributed by atoms with van der Waals surface area (Å²) in [5.41, 5.74) is 0.650. The Balaban J connectivity index is 1.92. The van der Waals surface area contributed by atoms with Gasteiger partial charge in [0.2, 0.25) is 10.0 Å². The summed E-state index contributed by atoms with van der Waals surface area (Å²) in [4.78, 5) is 0.0511. The van der Waals surface area contributed by atoms with Crippen LogP contribution in [0.1, 0.15) is 6.42 Å². The van der Waals surface area contributed by atoms with Gasteiger partial charge in [0.25, 0.3) is 10.0 Å². The molecule has 1 heterocycles. The van der Waals surface area contributed by atoms with E-state index in [1.807, 2.05) is 0 Å². The van der Waals surface area contributed by atoms with Crippen LogP contribution in [-0.2, 0) is 20.0 Å². The Morgan fingerprint density at radius 2 is 1.85 bits per heavy atom. The lowest BCUT2D eigenvalue weighted by atomic mass is 10.2. The van der Waals surface area contributed by atoms with Gasteiger partial charge < -0.3 is 4.74 Å². The molecular formula is C16H17ClN2O5S2. The first-order valence-corrected chi connectivity index (χ1v) is 11.2. The Morgan fingerprint density at radius 3 is 2.42 bits per heavy atom. The molecule has 140 valence electrons. The number of hydrogen-bond acceptors (Lipinski definition) is 5. The third kappa shape index (κ3) is 3.74. The molecule has 1 aliphatic heterocycles. The Kier molecular flexibility index (Phi) is 5.05. The molecule has 0 unspecified atom stereocenters. The van der Waals surface area contributed by atoms with Crippen LogP contribution in [0.3, 0.4) is 0 Å². The lowest BCUT2D eigenvalue weighted by molar-refractivity contribution is 0.417. The minimum atomic E-state index is -3.84. The van der Waals surface area contributed by atoms with Gasteiger partial charge in [-0.05, 0) is 42.8 Å². The van der Waals surface area contributed by atoms with Crippen molar-refractivity contribution < 1.29 is 21.6 Å². The van der Waals surface area contributed by atoms with Gasteiger partial charge in [0.05, 0.1) is 29.1 Å². The number of methoxy groups -OCH3 is 1. The molecule has 0 saturated carbocycles. The van der Waals surface area contributed by atoms with Gasteiger partial charge >= 0.3 is 0 Å². The van der Waals surface area contributed by atoms with E-state index < -0.39 is 20.0 Å². The molecule has 0 aromatic heterocycles. The highest BCUT2D eigenvalue weighted by molar-refractivity contribution is 7.93. The highest BCUT2D eigenvalue weighted by atomic mass is 35.5. The second-order valence-electron chi connectivity index (χ2n) is 5.69. The first-order valence-electron chi connectivity index (χ1n) is 7.70. The fraction of sp³-hybridized carbons (Fsp3) is 0.250. The molecule has 0 radical (unpaired) electrons. The van der Waals surface area contributed by atoms with Crippen molar-refractivity contribution in [3.63, 3.8) is 0 Å². The lowest BCUT2D eigenvalue weighted by Gasteiger charge is -2.19. The Labute approximate surface area is 157 Å². The van der Waals surface area contributed by atoms with Crippen molar-refractivity contribution in [3.8, 4) is 5.75 Å². The van der Waals surface area contributed by atoms with E-state index in [2.05, 4.69) is 4.72 Å². The molecule has 7 nitrogen and oxygen atoms in total. The SMILES string of the molecule is COc1cc(N2CCCS2(=O)=O)ccc1NS(=O)(=O)c1ccc(Cl)cc1. The number of nitrogens with one attached hydrogen (secondary N) is 1. The number of anilines is 2. The van der Waals surface area contributed by atoms with Crippen molar-refractivity contribution in [1.82, 2.24) is 0 Å². The predicted molar refractivity (Wildman–Crippen MR) is 101 cm³/mol. The number of sulfonamides is 2. The fourth-order valence-electron chi connectivity index (χ4n) is 2.67. The third-order valence-electron chi connectivity index (χ3n) is 3.94. The molecule has 1 fully saturated rings. The number of halogens is 1. The molecule has 10 heteroatoms. The van der Waals surface area contributed by atoms with Crippen molar-refractivity contribution in [2.24, 2.45) is 0 Å². The molecule has 3 rings (SSSR count). The maximum absolute atomic E-state index is 12.5. The monoisotopic (exact) mass is 416 g/mol. The summed E-state index contributed by atoms with van der Waals surface area (Å²) in [5, 5.41) is 0.428. The summed E-state index contributed by atoms with van der Waals surface area (Å²) < 4.78 is 58.1. The number of benzene rings is 2. The Morgan fingerprint density at radius 1 is 1.15 bits per heavy atom. The zero-order valence-electron chi connectivity index (χ0n) is 13.8. The van der Waals surface area contributed by atoms with Gasteiger partial charge in [0.15, 0.2) is 0 Å². The van der Waals surface area contributed by atoms with E-state index in [1.165, 1.54) is 47.8 Å². The number of ether oxygens (including phenoxy) is 1. The van der Waals surface area contributed by atoms with Gasteiger partial charge in [-0.2, -0.15) is 0 Å². The largest absolute Gasteiger partial charge is 0.494 e. The van der Waals surface area contributed by atoms with Gasteiger partial charge in [-0.3, -0.25) is 9.03 Å². The molecule has 0 atom stereocenters. The van der Waals surface area contributed by atoms with Crippen LogP contribution in [0.4, 0.5) is 11.4 Å². The van der Waals surface area contributed by atoms with E-state index in [-0.39, 0.29) is 22.1 Å². The predicted octanol–water partition coefficient (Wildman–Crippen LogP) is 2.69. The summed E-state index contributed by atoms with van der Waals surface area (Å²) >= 11 is 5.78. The quantitative estimate of drug-likeness (QED) is 0.808. The molecule has 1 saturated heterocycles. The van der Waals surface area contributed by atoms with E-state index in [0.717, 1.165) is 0 Å². The van der Waals surface area contributed by atoms with Gasteiger partial charge in [-0.25, -0.2) is 16.8 Å². The average Bonchev–Trinajstić information content (AvgIpc) is 2.94.